The van der Waals surface area contributed by atoms with Crippen molar-refractivity contribution >= 4 is 34.8 Å². The quantitative estimate of drug-likeness (QED) is 0.828. The molecule has 1 aliphatic rings. The fraction of sp³-hybridized carbons (Fsp3) is 0.263. The van der Waals surface area contributed by atoms with Gasteiger partial charge in [-0.15, -0.1) is 0 Å². The molecule has 0 heterocycles. The number of carbonyl (C=O) groups is 2. The van der Waals surface area contributed by atoms with Crippen molar-refractivity contribution in [3.63, 3.8) is 0 Å². The zero-order valence-electron chi connectivity index (χ0n) is 14.3. The highest BCUT2D eigenvalue weighted by Crippen LogP contribution is 2.41. The summed E-state index contributed by atoms with van der Waals surface area (Å²) in [5, 5.41) is 5.83. The smallest absolute Gasteiger partial charge is 0.228 e. The average molecular weight is 377 g/mol. The molecule has 2 aromatic carbocycles. The molecule has 0 saturated heterocycles. The second-order valence-electron chi connectivity index (χ2n) is 6.21. The lowest BCUT2D eigenvalue weighted by Gasteiger charge is -2.12. The molecule has 2 N–H and O–H groups in total. The highest BCUT2D eigenvalue weighted by Gasteiger charge is 2.48. The van der Waals surface area contributed by atoms with Crippen LogP contribution in [0.25, 0.3) is 0 Å². The summed E-state index contributed by atoms with van der Waals surface area (Å²) in [6.45, 7) is 1.82. The normalized spacial score (nSPS) is 18.2. The van der Waals surface area contributed by atoms with Gasteiger partial charge in [0.15, 0.2) is 0 Å². The molecule has 0 bridgehead atoms. The number of para-hydroxylation sites is 1. The molecule has 2 aromatic rings. The number of hydrogen-bond acceptors (Lipinski definition) is 3. The fourth-order valence-corrected chi connectivity index (χ4v) is 2.87. The molecule has 26 heavy (non-hydrogen) atoms. The van der Waals surface area contributed by atoms with E-state index in [1.54, 1.807) is 24.3 Å². The second-order valence-corrected chi connectivity index (χ2v) is 6.62. The molecule has 0 aliphatic heterocycles. The number of anilines is 2. The Kier molecular flexibility index (Phi) is 5.13. The van der Waals surface area contributed by atoms with E-state index in [4.69, 9.17) is 16.3 Å². The van der Waals surface area contributed by atoms with Crippen LogP contribution in [0.3, 0.4) is 0 Å². The van der Waals surface area contributed by atoms with Crippen LogP contribution >= 0.6 is 11.6 Å². The number of ether oxygens (including phenoxy) is 1. The second kappa shape index (κ2) is 7.33. The SMILES string of the molecule is COc1cc(Cl)c(C)cc1NC(=O)C1CC1C(=O)Nc1ccccc1F. The molecule has 2 atom stereocenters. The molecule has 2 amide bonds. The molecule has 3 rings (SSSR count). The van der Waals surface area contributed by atoms with Crippen LogP contribution in [0.1, 0.15) is 12.0 Å². The summed E-state index contributed by atoms with van der Waals surface area (Å²) in [4.78, 5) is 24.6. The van der Waals surface area contributed by atoms with Gasteiger partial charge in [-0.3, -0.25) is 9.59 Å². The highest BCUT2D eigenvalue weighted by molar-refractivity contribution is 6.31. The number of benzene rings is 2. The van der Waals surface area contributed by atoms with Gasteiger partial charge in [0.05, 0.1) is 30.3 Å². The van der Waals surface area contributed by atoms with E-state index in [1.165, 1.54) is 19.2 Å². The van der Waals surface area contributed by atoms with Gasteiger partial charge in [0.1, 0.15) is 11.6 Å². The predicted octanol–water partition coefficient (Wildman–Crippen LogP) is 4.01. The Hall–Kier alpha value is -2.60. The van der Waals surface area contributed by atoms with Gasteiger partial charge in [-0.1, -0.05) is 23.7 Å². The van der Waals surface area contributed by atoms with Crippen molar-refractivity contribution in [2.24, 2.45) is 11.8 Å². The summed E-state index contributed by atoms with van der Waals surface area (Å²) in [6, 6.07) is 9.26. The Morgan fingerprint density at radius 2 is 1.73 bits per heavy atom. The first-order chi connectivity index (χ1) is 12.4. The fourth-order valence-electron chi connectivity index (χ4n) is 2.72. The molecule has 2 unspecified atom stereocenters. The average Bonchev–Trinajstić information content (AvgIpc) is 3.41. The molecule has 0 aromatic heterocycles. The summed E-state index contributed by atoms with van der Waals surface area (Å²) >= 11 is 6.05. The number of aryl methyl sites for hydroxylation is 1. The largest absolute Gasteiger partial charge is 0.495 e. The van der Waals surface area contributed by atoms with Gasteiger partial charge >= 0.3 is 0 Å². The highest BCUT2D eigenvalue weighted by atomic mass is 35.5. The number of nitrogens with one attached hydrogen (secondary N) is 2. The molecule has 5 nitrogen and oxygen atoms in total. The molecular formula is C19H18ClFN2O3. The molecule has 0 radical (unpaired) electrons. The molecule has 1 aliphatic carbocycles. The number of halogens is 2. The minimum atomic E-state index is -0.510. The Morgan fingerprint density at radius 1 is 1.12 bits per heavy atom. The van der Waals surface area contributed by atoms with Crippen LogP contribution < -0.4 is 15.4 Å². The summed E-state index contributed by atoms with van der Waals surface area (Å²) in [7, 11) is 1.48. The number of carbonyl (C=O) groups excluding carboxylic acids is 2. The third-order valence-corrected chi connectivity index (χ3v) is 4.74. The Bertz CT molecular complexity index is 872. The molecule has 1 fully saturated rings. The summed E-state index contributed by atoms with van der Waals surface area (Å²) in [5.74, 6) is -1.64. The van der Waals surface area contributed by atoms with Crippen LogP contribution in [0.15, 0.2) is 36.4 Å². The summed E-state index contributed by atoms with van der Waals surface area (Å²) in [6.07, 6.45) is 0.418. The first-order valence-corrected chi connectivity index (χ1v) is 8.49. The topological polar surface area (TPSA) is 67.4 Å². The van der Waals surface area contributed by atoms with Crippen LogP contribution in [0, 0.1) is 24.6 Å². The van der Waals surface area contributed by atoms with Crippen molar-refractivity contribution in [1.29, 1.82) is 0 Å². The maximum atomic E-state index is 13.6. The summed E-state index contributed by atoms with van der Waals surface area (Å²) < 4.78 is 18.8. The third kappa shape index (κ3) is 3.80. The predicted molar refractivity (Wildman–Crippen MR) is 98.0 cm³/mol. The van der Waals surface area contributed by atoms with Crippen molar-refractivity contribution in [2.75, 3.05) is 17.7 Å². The van der Waals surface area contributed by atoms with E-state index in [1.807, 2.05) is 6.92 Å². The van der Waals surface area contributed by atoms with Gasteiger partial charge in [0, 0.05) is 11.1 Å². The van der Waals surface area contributed by atoms with E-state index in [0.29, 0.717) is 22.9 Å². The van der Waals surface area contributed by atoms with Crippen LogP contribution in [0.4, 0.5) is 15.8 Å². The van der Waals surface area contributed by atoms with Crippen LogP contribution in [-0.4, -0.2) is 18.9 Å². The monoisotopic (exact) mass is 376 g/mol. The van der Waals surface area contributed by atoms with Crippen LogP contribution in [-0.2, 0) is 9.59 Å². The minimum absolute atomic E-state index is 0.110. The number of hydrogen-bond donors (Lipinski definition) is 2. The Balaban J connectivity index is 1.64. The van der Waals surface area contributed by atoms with Gasteiger partial charge in [-0.2, -0.15) is 0 Å². The van der Waals surface area contributed by atoms with Crippen molar-refractivity contribution in [1.82, 2.24) is 0 Å². The van der Waals surface area contributed by atoms with Gasteiger partial charge in [-0.25, -0.2) is 4.39 Å². The van der Waals surface area contributed by atoms with Gasteiger partial charge < -0.3 is 15.4 Å². The number of amides is 2. The number of rotatable bonds is 5. The maximum absolute atomic E-state index is 13.6. The lowest BCUT2D eigenvalue weighted by molar-refractivity contribution is -0.122. The van der Waals surface area contributed by atoms with Gasteiger partial charge in [-0.05, 0) is 37.1 Å². The Labute approximate surface area is 155 Å². The van der Waals surface area contributed by atoms with Crippen LogP contribution in [0.5, 0.6) is 5.75 Å². The van der Waals surface area contributed by atoms with Crippen molar-refractivity contribution in [3.8, 4) is 5.75 Å². The minimum Gasteiger partial charge on any atom is -0.495 e. The lowest BCUT2D eigenvalue weighted by Crippen LogP contribution is -2.21. The summed E-state index contributed by atoms with van der Waals surface area (Å²) in [5.41, 5.74) is 1.41. The zero-order valence-corrected chi connectivity index (χ0v) is 15.1. The first kappa shape index (κ1) is 18.2. The zero-order chi connectivity index (χ0) is 18.8. The number of methoxy groups -OCH3 is 1. The molecule has 7 heteroatoms. The molecule has 0 spiro atoms. The van der Waals surface area contributed by atoms with E-state index >= 15 is 0 Å². The standard InChI is InChI=1S/C19H18ClFN2O3/c1-10-7-16(17(26-2)9-13(10)20)23-19(25)12-8-11(12)18(24)22-15-6-4-3-5-14(15)21/h3-7,9,11-12H,8H2,1-2H3,(H,22,24)(H,23,25). The third-order valence-electron chi connectivity index (χ3n) is 4.33. The van der Waals surface area contributed by atoms with E-state index < -0.39 is 17.7 Å². The van der Waals surface area contributed by atoms with Gasteiger partial charge in [0.2, 0.25) is 11.8 Å². The maximum Gasteiger partial charge on any atom is 0.228 e. The van der Waals surface area contributed by atoms with Crippen molar-refractivity contribution in [2.45, 2.75) is 13.3 Å². The lowest BCUT2D eigenvalue weighted by atomic mass is 10.2. The van der Waals surface area contributed by atoms with Gasteiger partial charge in [0.25, 0.3) is 0 Å². The van der Waals surface area contributed by atoms with Crippen molar-refractivity contribution in [3.05, 3.63) is 52.8 Å². The van der Waals surface area contributed by atoms with E-state index in [2.05, 4.69) is 10.6 Å². The van der Waals surface area contributed by atoms with E-state index in [0.717, 1.165) is 5.56 Å². The Morgan fingerprint density at radius 3 is 2.35 bits per heavy atom. The van der Waals surface area contributed by atoms with Crippen molar-refractivity contribution < 1.29 is 18.7 Å². The van der Waals surface area contributed by atoms with E-state index in [-0.39, 0.29) is 17.5 Å². The molecule has 1 saturated carbocycles. The van der Waals surface area contributed by atoms with E-state index in [9.17, 15) is 14.0 Å². The molecule has 136 valence electrons. The molecular weight excluding hydrogens is 359 g/mol. The van der Waals surface area contributed by atoms with Crippen LogP contribution in [0.2, 0.25) is 5.02 Å². The first-order valence-electron chi connectivity index (χ1n) is 8.11.